The molecule has 9 heteroatoms. The minimum absolute atomic E-state index is 0.324. The lowest BCUT2D eigenvalue weighted by molar-refractivity contribution is -0.154. The summed E-state index contributed by atoms with van der Waals surface area (Å²) >= 11 is 0. The number of rotatable bonds is 7. The molecule has 0 fully saturated rings. The van der Waals surface area contributed by atoms with Gasteiger partial charge in [-0.25, -0.2) is 14.6 Å². The van der Waals surface area contributed by atoms with Gasteiger partial charge in [-0.15, -0.1) is 0 Å². The summed E-state index contributed by atoms with van der Waals surface area (Å²) in [5.74, 6) is -0.300. The van der Waals surface area contributed by atoms with Crippen LogP contribution >= 0.6 is 0 Å². The van der Waals surface area contributed by atoms with Gasteiger partial charge in [0.25, 0.3) is 5.91 Å². The van der Waals surface area contributed by atoms with Crippen molar-refractivity contribution < 1.29 is 27.9 Å². The largest absolute Gasteiger partial charge is 0.482 e. The van der Waals surface area contributed by atoms with Crippen LogP contribution in [0.5, 0.6) is 5.75 Å². The van der Waals surface area contributed by atoms with E-state index in [4.69, 9.17) is 18.3 Å². The van der Waals surface area contributed by atoms with Crippen LogP contribution in [0.25, 0.3) is 11.0 Å². The van der Waals surface area contributed by atoms with E-state index in [0.29, 0.717) is 23.5 Å². The summed E-state index contributed by atoms with van der Waals surface area (Å²) in [5, 5.41) is 6.53. The van der Waals surface area contributed by atoms with Crippen LogP contribution in [0.3, 0.4) is 0 Å². The predicted molar refractivity (Wildman–Crippen MR) is 130 cm³/mol. The summed E-state index contributed by atoms with van der Waals surface area (Å²) in [6, 6.07) is 18.8. The Morgan fingerprint density at radius 1 is 1.06 bits per heavy atom. The highest BCUT2D eigenvalue weighted by Crippen LogP contribution is 2.33. The second-order valence-corrected chi connectivity index (χ2v) is 8.29. The van der Waals surface area contributed by atoms with Crippen LogP contribution in [0.2, 0.25) is 0 Å². The molecule has 182 valence electrons. The molecule has 9 nitrogen and oxygen atoms in total. The third kappa shape index (κ3) is 5.05. The third-order valence-electron chi connectivity index (χ3n) is 5.73. The number of hydrogen-bond acceptors (Lipinski definition) is 8. The Morgan fingerprint density at radius 2 is 1.86 bits per heavy atom. The van der Waals surface area contributed by atoms with E-state index in [-0.39, 0.29) is 0 Å². The molecule has 1 aliphatic heterocycles. The van der Waals surface area contributed by atoms with Crippen molar-refractivity contribution in [2.24, 2.45) is 5.10 Å². The Morgan fingerprint density at radius 3 is 2.64 bits per heavy atom. The number of ether oxygens (including phenoxy) is 2. The van der Waals surface area contributed by atoms with Gasteiger partial charge < -0.3 is 18.3 Å². The van der Waals surface area contributed by atoms with Crippen LogP contribution in [0, 0.1) is 6.92 Å². The Hall–Kier alpha value is -4.66. The first-order valence-electron chi connectivity index (χ1n) is 11.3. The minimum atomic E-state index is -0.727. The number of hydrazone groups is 1. The zero-order chi connectivity index (χ0) is 25.1. The van der Waals surface area contributed by atoms with Crippen LogP contribution in [0.4, 0.5) is 0 Å². The number of benzene rings is 2. The number of nitrogens with zero attached hydrogens (tertiary/aromatic N) is 2. The molecule has 1 aliphatic rings. The standard InChI is InChI=1S/C27H22N2O7/c1-17-4-6-18(7-5-17)21-14-22(23-3-2-12-33-23)29(28-21)25(30)15-35-27(32)16-34-20-10-8-19-9-11-26(31)36-24(19)13-20/h2-13,22H,14-16H2,1H3. The second kappa shape index (κ2) is 9.91. The summed E-state index contributed by atoms with van der Waals surface area (Å²) in [4.78, 5) is 36.6. The highest BCUT2D eigenvalue weighted by atomic mass is 16.6. The highest BCUT2D eigenvalue weighted by molar-refractivity contribution is 6.03. The van der Waals surface area contributed by atoms with Gasteiger partial charge in [-0.05, 0) is 42.8 Å². The Bertz CT molecular complexity index is 1490. The first-order valence-corrected chi connectivity index (χ1v) is 11.3. The lowest BCUT2D eigenvalue weighted by Crippen LogP contribution is -2.32. The quantitative estimate of drug-likeness (QED) is 0.287. The average molecular weight is 486 g/mol. The van der Waals surface area contributed by atoms with E-state index in [0.717, 1.165) is 22.2 Å². The van der Waals surface area contributed by atoms with Crippen molar-refractivity contribution in [3.8, 4) is 5.75 Å². The van der Waals surface area contributed by atoms with E-state index < -0.39 is 36.8 Å². The fourth-order valence-corrected chi connectivity index (χ4v) is 3.89. The monoisotopic (exact) mass is 486 g/mol. The van der Waals surface area contributed by atoms with Crippen molar-refractivity contribution in [3.63, 3.8) is 0 Å². The van der Waals surface area contributed by atoms with E-state index >= 15 is 0 Å². The molecule has 0 aliphatic carbocycles. The molecule has 3 heterocycles. The van der Waals surface area contributed by atoms with Gasteiger partial charge in [0.15, 0.2) is 13.2 Å². The third-order valence-corrected chi connectivity index (χ3v) is 5.73. The summed E-state index contributed by atoms with van der Waals surface area (Å²) in [5.41, 5.74) is 2.62. The molecule has 5 rings (SSSR count). The van der Waals surface area contributed by atoms with Crippen molar-refractivity contribution in [2.75, 3.05) is 13.2 Å². The molecule has 36 heavy (non-hydrogen) atoms. The number of fused-ring (bicyclic) bond motifs is 1. The molecule has 4 aromatic rings. The number of hydrogen-bond donors (Lipinski definition) is 0. The fourth-order valence-electron chi connectivity index (χ4n) is 3.89. The first kappa shape index (κ1) is 23.1. The van der Waals surface area contributed by atoms with E-state index in [1.165, 1.54) is 23.4 Å². The van der Waals surface area contributed by atoms with Gasteiger partial charge >= 0.3 is 11.6 Å². The lowest BCUT2D eigenvalue weighted by atomic mass is 10.0. The Labute approximate surface area is 205 Å². The fraction of sp³-hybridized carbons (Fsp3) is 0.185. The van der Waals surface area contributed by atoms with Crippen molar-refractivity contribution in [1.29, 1.82) is 0 Å². The predicted octanol–water partition coefficient (Wildman–Crippen LogP) is 3.99. The molecular formula is C27H22N2O7. The molecule has 0 radical (unpaired) electrons. The highest BCUT2D eigenvalue weighted by Gasteiger charge is 2.35. The zero-order valence-corrected chi connectivity index (χ0v) is 19.4. The van der Waals surface area contributed by atoms with Gasteiger partial charge in [-0.1, -0.05) is 29.8 Å². The molecule has 1 atom stereocenters. The molecule has 1 unspecified atom stereocenters. The Balaban J connectivity index is 1.22. The minimum Gasteiger partial charge on any atom is -0.482 e. The number of carbonyl (C=O) groups excluding carboxylic acids is 2. The average Bonchev–Trinajstić information content (AvgIpc) is 3.56. The molecule has 0 N–H and O–H groups in total. The number of esters is 1. The van der Waals surface area contributed by atoms with Gasteiger partial charge in [0.1, 0.15) is 23.1 Å². The molecular weight excluding hydrogens is 464 g/mol. The van der Waals surface area contributed by atoms with Gasteiger partial charge in [0.2, 0.25) is 0 Å². The molecule has 0 saturated heterocycles. The molecule has 0 saturated carbocycles. The second-order valence-electron chi connectivity index (χ2n) is 8.29. The van der Waals surface area contributed by atoms with E-state index in [1.807, 2.05) is 31.2 Å². The summed E-state index contributed by atoms with van der Waals surface area (Å²) in [6.45, 7) is 1.07. The topological polar surface area (TPSA) is 112 Å². The smallest absolute Gasteiger partial charge is 0.344 e. The molecule has 0 spiro atoms. The number of furan rings is 1. The van der Waals surface area contributed by atoms with Crippen molar-refractivity contribution in [3.05, 3.63) is 100 Å². The first-order chi connectivity index (χ1) is 17.5. The van der Waals surface area contributed by atoms with Crippen molar-refractivity contribution in [1.82, 2.24) is 5.01 Å². The van der Waals surface area contributed by atoms with Gasteiger partial charge in [-0.2, -0.15) is 5.10 Å². The maximum Gasteiger partial charge on any atom is 0.344 e. The summed E-state index contributed by atoms with van der Waals surface area (Å²) in [7, 11) is 0. The molecule has 0 bridgehead atoms. The molecule has 2 aromatic heterocycles. The van der Waals surface area contributed by atoms with Crippen molar-refractivity contribution in [2.45, 2.75) is 19.4 Å². The zero-order valence-electron chi connectivity index (χ0n) is 19.4. The Kier molecular flexibility index (Phi) is 6.36. The lowest BCUT2D eigenvalue weighted by Gasteiger charge is -2.19. The van der Waals surface area contributed by atoms with Gasteiger partial charge in [-0.3, -0.25) is 4.79 Å². The summed E-state index contributed by atoms with van der Waals surface area (Å²) < 4.78 is 21.2. The molecule has 2 aromatic carbocycles. The molecule has 1 amide bonds. The van der Waals surface area contributed by atoms with Gasteiger partial charge in [0, 0.05) is 23.9 Å². The number of amides is 1. The normalized spacial score (nSPS) is 15.1. The maximum absolute atomic E-state index is 13.0. The SMILES string of the molecule is Cc1ccc(C2=NN(C(=O)COC(=O)COc3ccc4ccc(=O)oc4c3)C(c3ccco3)C2)cc1. The number of carbonyl (C=O) groups is 2. The summed E-state index contributed by atoms with van der Waals surface area (Å²) in [6.07, 6.45) is 2.01. The van der Waals surface area contributed by atoms with Crippen LogP contribution in [-0.2, 0) is 14.3 Å². The van der Waals surface area contributed by atoms with Crippen molar-refractivity contribution >= 4 is 28.6 Å². The van der Waals surface area contributed by atoms with Crippen LogP contribution in [-0.4, -0.2) is 35.8 Å². The van der Waals surface area contributed by atoms with Gasteiger partial charge in [0.05, 0.1) is 12.0 Å². The number of aryl methyl sites for hydroxylation is 1. The van der Waals surface area contributed by atoms with E-state index in [2.05, 4.69) is 5.10 Å². The van der Waals surface area contributed by atoms with Crippen LogP contribution < -0.4 is 10.4 Å². The van der Waals surface area contributed by atoms with Crippen LogP contribution in [0.1, 0.15) is 29.3 Å². The van der Waals surface area contributed by atoms with Crippen LogP contribution in [0.15, 0.2) is 91.7 Å². The maximum atomic E-state index is 13.0. The van der Waals surface area contributed by atoms with E-state index in [9.17, 15) is 14.4 Å². The van der Waals surface area contributed by atoms with E-state index in [1.54, 1.807) is 30.3 Å².